The molecule has 1 heterocycles. The minimum atomic E-state index is 0.0231. The summed E-state index contributed by atoms with van der Waals surface area (Å²) in [5.74, 6) is 0.437. The van der Waals surface area contributed by atoms with Gasteiger partial charge in [0.1, 0.15) is 6.04 Å². The van der Waals surface area contributed by atoms with Gasteiger partial charge in [0.15, 0.2) is 0 Å². The first-order valence-corrected chi connectivity index (χ1v) is 2.88. The van der Waals surface area contributed by atoms with Crippen LogP contribution in [0.4, 0.5) is 0 Å². The van der Waals surface area contributed by atoms with Gasteiger partial charge in [-0.25, -0.2) is 0 Å². The molecule has 3 heteroatoms. The molecule has 2 atom stereocenters. The second kappa shape index (κ2) is 2.22. The van der Waals surface area contributed by atoms with E-state index in [-0.39, 0.29) is 6.04 Å². The fraction of sp³-hybridized carbons (Fsp3) is 1.00. The zero-order chi connectivity index (χ0) is 5.98. The zero-order valence-corrected chi connectivity index (χ0v) is 4.92. The van der Waals surface area contributed by atoms with E-state index in [9.17, 15) is 4.91 Å². The van der Waals surface area contributed by atoms with Gasteiger partial charge in [0.05, 0.1) is 0 Å². The second-order valence-corrected chi connectivity index (χ2v) is 2.31. The number of nitroso groups, excluding NO2 is 1. The molecule has 1 N–H and O–H groups in total. The van der Waals surface area contributed by atoms with Crippen molar-refractivity contribution in [2.75, 3.05) is 13.1 Å². The van der Waals surface area contributed by atoms with Gasteiger partial charge >= 0.3 is 0 Å². The maximum absolute atomic E-state index is 9.93. The van der Waals surface area contributed by atoms with Gasteiger partial charge in [-0.05, 0) is 12.5 Å². The molecule has 2 unspecified atom stereocenters. The molecular formula is C5H10N2O. The van der Waals surface area contributed by atoms with E-state index >= 15 is 0 Å². The highest BCUT2D eigenvalue weighted by Gasteiger charge is 2.22. The molecule has 1 aliphatic heterocycles. The Morgan fingerprint density at radius 2 is 2.38 bits per heavy atom. The lowest BCUT2D eigenvalue weighted by Crippen LogP contribution is -2.12. The molecule has 1 aliphatic rings. The first kappa shape index (κ1) is 5.69. The van der Waals surface area contributed by atoms with Crippen LogP contribution in [0.2, 0.25) is 0 Å². The van der Waals surface area contributed by atoms with E-state index in [1.165, 1.54) is 0 Å². The van der Waals surface area contributed by atoms with Crippen LogP contribution in [0.25, 0.3) is 0 Å². The van der Waals surface area contributed by atoms with E-state index in [1.54, 1.807) is 0 Å². The topological polar surface area (TPSA) is 41.5 Å². The number of nitrogens with one attached hydrogen (secondary N) is 1. The molecule has 0 saturated carbocycles. The average Bonchev–Trinajstić information content (AvgIpc) is 2.14. The molecule has 0 bridgehead atoms. The van der Waals surface area contributed by atoms with Gasteiger partial charge in [-0.2, -0.15) is 4.91 Å². The van der Waals surface area contributed by atoms with Crippen molar-refractivity contribution in [1.82, 2.24) is 5.32 Å². The van der Waals surface area contributed by atoms with Crippen molar-refractivity contribution < 1.29 is 0 Å². The van der Waals surface area contributed by atoms with E-state index in [1.807, 2.05) is 6.92 Å². The lowest BCUT2D eigenvalue weighted by molar-refractivity contribution is 0.564. The van der Waals surface area contributed by atoms with Gasteiger partial charge in [0, 0.05) is 6.54 Å². The van der Waals surface area contributed by atoms with Crippen molar-refractivity contribution in [3.8, 4) is 0 Å². The summed E-state index contributed by atoms with van der Waals surface area (Å²) in [5.41, 5.74) is 0. The third kappa shape index (κ3) is 0.865. The van der Waals surface area contributed by atoms with Crippen LogP contribution >= 0.6 is 0 Å². The van der Waals surface area contributed by atoms with E-state index in [2.05, 4.69) is 10.5 Å². The predicted molar refractivity (Wildman–Crippen MR) is 31.6 cm³/mol. The van der Waals surface area contributed by atoms with E-state index in [0.717, 1.165) is 13.1 Å². The summed E-state index contributed by atoms with van der Waals surface area (Å²) in [7, 11) is 0. The average molecular weight is 114 g/mol. The zero-order valence-electron chi connectivity index (χ0n) is 4.92. The summed E-state index contributed by atoms with van der Waals surface area (Å²) < 4.78 is 0. The lowest BCUT2D eigenvalue weighted by atomic mass is 10.1. The van der Waals surface area contributed by atoms with Crippen LogP contribution in [-0.4, -0.2) is 19.1 Å². The van der Waals surface area contributed by atoms with Crippen molar-refractivity contribution in [3.05, 3.63) is 4.91 Å². The summed E-state index contributed by atoms with van der Waals surface area (Å²) in [6, 6.07) is 0.0231. The van der Waals surface area contributed by atoms with Crippen molar-refractivity contribution in [2.24, 2.45) is 11.1 Å². The first-order valence-electron chi connectivity index (χ1n) is 2.88. The number of rotatable bonds is 1. The maximum atomic E-state index is 9.93. The smallest absolute Gasteiger partial charge is 0.108 e. The highest BCUT2D eigenvalue weighted by molar-refractivity contribution is 4.82. The molecule has 46 valence electrons. The van der Waals surface area contributed by atoms with Crippen LogP contribution in [0.5, 0.6) is 0 Å². The standard InChI is InChI=1S/C5H10N2O/c1-4-2-6-3-5(4)7-8/h4-6H,2-3H2,1H3. The fourth-order valence-electron chi connectivity index (χ4n) is 0.937. The SMILES string of the molecule is CC1CNCC1N=O. The molecule has 3 nitrogen and oxygen atoms in total. The number of nitrogens with zero attached hydrogens (tertiary/aromatic N) is 1. The summed E-state index contributed by atoms with van der Waals surface area (Å²) in [4.78, 5) is 9.93. The van der Waals surface area contributed by atoms with Crippen LogP contribution in [0, 0.1) is 10.8 Å². The van der Waals surface area contributed by atoms with Crippen molar-refractivity contribution >= 4 is 0 Å². The molecule has 0 aromatic rings. The Balaban J connectivity index is 2.41. The second-order valence-electron chi connectivity index (χ2n) is 2.31. The minimum absolute atomic E-state index is 0.0231. The quantitative estimate of drug-likeness (QED) is 0.500. The Hall–Kier alpha value is -0.440. The van der Waals surface area contributed by atoms with Crippen molar-refractivity contribution in [3.63, 3.8) is 0 Å². The summed E-state index contributed by atoms with van der Waals surface area (Å²) in [6.45, 7) is 3.74. The summed E-state index contributed by atoms with van der Waals surface area (Å²) in [6.07, 6.45) is 0. The Morgan fingerprint density at radius 1 is 1.62 bits per heavy atom. The Morgan fingerprint density at radius 3 is 2.62 bits per heavy atom. The van der Waals surface area contributed by atoms with Gasteiger partial charge in [-0.1, -0.05) is 12.1 Å². The van der Waals surface area contributed by atoms with Crippen LogP contribution in [0.15, 0.2) is 5.18 Å². The van der Waals surface area contributed by atoms with E-state index < -0.39 is 0 Å². The van der Waals surface area contributed by atoms with Crippen LogP contribution < -0.4 is 5.32 Å². The molecule has 0 amide bonds. The molecule has 0 aromatic heterocycles. The van der Waals surface area contributed by atoms with Crippen LogP contribution in [0.1, 0.15) is 6.92 Å². The largest absolute Gasteiger partial charge is 0.314 e. The third-order valence-corrected chi connectivity index (χ3v) is 1.61. The molecule has 1 saturated heterocycles. The molecule has 0 spiro atoms. The van der Waals surface area contributed by atoms with E-state index in [0.29, 0.717) is 5.92 Å². The predicted octanol–water partition coefficient (Wildman–Crippen LogP) is 0.361. The molecule has 1 rings (SSSR count). The molecular weight excluding hydrogens is 104 g/mol. The normalized spacial score (nSPS) is 37.6. The lowest BCUT2D eigenvalue weighted by Gasteiger charge is -2.00. The van der Waals surface area contributed by atoms with Crippen molar-refractivity contribution in [2.45, 2.75) is 13.0 Å². The number of hydrogen-bond acceptors (Lipinski definition) is 3. The fourth-order valence-corrected chi connectivity index (χ4v) is 0.937. The summed E-state index contributed by atoms with van der Waals surface area (Å²) >= 11 is 0. The highest BCUT2D eigenvalue weighted by Crippen LogP contribution is 2.09. The van der Waals surface area contributed by atoms with Crippen LogP contribution in [0.3, 0.4) is 0 Å². The Kier molecular flexibility index (Phi) is 1.58. The van der Waals surface area contributed by atoms with E-state index in [4.69, 9.17) is 0 Å². The van der Waals surface area contributed by atoms with Gasteiger partial charge in [0.2, 0.25) is 0 Å². The van der Waals surface area contributed by atoms with Gasteiger partial charge in [-0.15, -0.1) is 0 Å². The summed E-state index contributed by atoms with van der Waals surface area (Å²) in [5, 5.41) is 6.04. The van der Waals surface area contributed by atoms with Gasteiger partial charge < -0.3 is 5.32 Å². The van der Waals surface area contributed by atoms with Crippen molar-refractivity contribution in [1.29, 1.82) is 0 Å². The third-order valence-electron chi connectivity index (χ3n) is 1.61. The Bertz CT molecular complexity index is 94.4. The monoisotopic (exact) mass is 114 g/mol. The Labute approximate surface area is 48.4 Å². The van der Waals surface area contributed by atoms with Crippen LogP contribution in [-0.2, 0) is 0 Å². The number of hydrogen-bond donors (Lipinski definition) is 1. The highest BCUT2D eigenvalue weighted by atomic mass is 16.3. The minimum Gasteiger partial charge on any atom is -0.314 e. The maximum Gasteiger partial charge on any atom is 0.108 e. The molecule has 0 aromatic carbocycles. The molecule has 1 fully saturated rings. The molecule has 8 heavy (non-hydrogen) atoms. The van der Waals surface area contributed by atoms with Gasteiger partial charge in [-0.3, -0.25) is 0 Å². The van der Waals surface area contributed by atoms with Gasteiger partial charge in [0.25, 0.3) is 0 Å². The molecule has 0 radical (unpaired) electrons. The molecule has 0 aliphatic carbocycles. The first-order chi connectivity index (χ1) is 3.84.